The molecule has 0 aromatic heterocycles. The second kappa shape index (κ2) is 10.4. The zero-order chi connectivity index (χ0) is 24.5. The summed E-state index contributed by atoms with van der Waals surface area (Å²) in [5.41, 5.74) is 2.88. The van der Waals surface area contributed by atoms with Gasteiger partial charge in [-0.3, -0.25) is 10.0 Å². The van der Waals surface area contributed by atoms with E-state index in [1.807, 2.05) is 55.5 Å². The van der Waals surface area contributed by atoms with E-state index in [0.29, 0.717) is 27.9 Å². The lowest BCUT2D eigenvalue weighted by molar-refractivity contribution is 0.0371. The Hall–Kier alpha value is -1.91. The number of nitrogens with one attached hydrogen (secondary N) is 1. The molecule has 34 heavy (non-hydrogen) atoms. The van der Waals surface area contributed by atoms with Gasteiger partial charge in [-0.1, -0.05) is 60.1 Å². The van der Waals surface area contributed by atoms with Gasteiger partial charge >= 0.3 is 0 Å². The van der Waals surface area contributed by atoms with Gasteiger partial charge in [-0.25, -0.2) is 13.1 Å². The van der Waals surface area contributed by atoms with E-state index in [9.17, 15) is 8.42 Å². The number of hydrogen-bond donors (Lipinski definition) is 2. The first-order chi connectivity index (χ1) is 16.2. The molecule has 2 aromatic carbocycles. The van der Waals surface area contributed by atoms with Gasteiger partial charge in [-0.05, 0) is 54.5 Å². The highest BCUT2D eigenvalue weighted by atomic mass is 35.5. The molecule has 1 heterocycles. The maximum Gasteiger partial charge on any atom is 0.241 e. The van der Waals surface area contributed by atoms with Crippen LogP contribution >= 0.6 is 35.3 Å². The van der Waals surface area contributed by atoms with Gasteiger partial charge < -0.3 is 0 Å². The van der Waals surface area contributed by atoms with Crippen molar-refractivity contribution >= 4 is 51.1 Å². The van der Waals surface area contributed by atoms with Gasteiger partial charge in [0.05, 0.1) is 34.8 Å². The lowest BCUT2D eigenvalue weighted by Crippen LogP contribution is -2.66. The van der Waals surface area contributed by atoms with E-state index in [0.717, 1.165) is 23.3 Å². The van der Waals surface area contributed by atoms with E-state index >= 15 is 0 Å². The van der Waals surface area contributed by atoms with Gasteiger partial charge in [0.15, 0.2) is 0 Å². The lowest BCUT2D eigenvalue weighted by Gasteiger charge is -2.50. The quantitative estimate of drug-likeness (QED) is 0.485. The van der Waals surface area contributed by atoms with Crippen LogP contribution in [-0.4, -0.2) is 37.7 Å². The number of likely N-dealkylation sites (tertiary alicyclic amines) is 1. The smallest absolute Gasteiger partial charge is 0.241 e. The van der Waals surface area contributed by atoms with Gasteiger partial charge in [-0.2, -0.15) is 4.40 Å². The fourth-order valence-electron chi connectivity index (χ4n) is 4.19. The van der Waals surface area contributed by atoms with Crippen molar-refractivity contribution in [2.24, 2.45) is 9.54 Å². The minimum atomic E-state index is -3.80. The standard InChI is InChI=1S/C24H24Cl2N4O2S2/c1-15-21(28-33-27)4-3-5-23(15)34(31,32)29-22-14-30(16(22)2)24(17-6-10-19(25)11-7-17)18-8-12-20(26)13-9-18/h3-13,16,22,24,29H,1,14,27H2,2H3/b28-21-/t16-,22+/m1/s1. The van der Waals surface area contributed by atoms with Crippen LogP contribution in [0.5, 0.6) is 0 Å². The molecule has 0 saturated carbocycles. The summed E-state index contributed by atoms with van der Waals surface area (Å²) in [5, 5.41) is 6.73. The number of rotatable bonds is 7. The molecule has 178 valence electrons. The van der Waals surface area contributed by atoms with Gasteiger partial charge in [-0.15, -0.1) is 0 Å². The van der Waals surface area contributed by atoms with Crippen LogP contribution < -0.4 is 9.86 Å². The van der Waals surface area contributed by atoms with Gasteiger partial charge in [0.25, 0.3) is 0 Å². The van der Waals surface area contributed by atoms with Crippen molar-refractivity contribution in [3.8, 4) is 0 Å². The highest BCUT2D eigenvalue weighted by Gasteiger charge is 2.43. The summed E-state index contributed by atoms with van der Waals surface area (Å²) in [7, 11) is -3.80. The van der Waals surface area contributed by atoms with Gasteiger partial charge in [0.2, 0.25) is 10.0 Å². The van der Waals surface area contributed by atoms with E-state index in [4.69, 9.17) is 28.3 Å². The second-order valence-corrected chi connectivity index (χ2v) is 11.1. The SMILES string of the molecule is C=C1C(S(=O)(=O)N[C@H]2CN(C(c3ccc(Cl)cc3)c3ccc(Cl)cc3)[C@@H]2C)=CC=C/C1=N/SN. The van der Waals surface area contributed by atoms with Crippen LogP contribution in [0.25, 0.3) is 0 Å². The van der Waals surface area contributed by atoms with Crippen molar-refractivity contribution in [1.29, 1.82) is 0 Å². The molecule has 4 rings (SSSR count). The summed E-state index contributed by atoms with van der Waals surface area (Å²) >= 11 is 13.0. The Balaban J connectivity index is 1.55. The Labute approximate surface area is 214 Å². The average Bonchev–Trinajstić information content (AvgIpc) is 2.81. The summed E-state index contributed by atoms with van der Waals surface area (Å²) in [6.45, 7) is 6.44. The topological polar surface area (TPSA) is 87.8 Å². The van der Waals surface area contributed by atoms with Crippen molar-refractivity contribution in [2.75, 3.05) is 6.54 Å². The number of sulfonamides is 1. The molecule has 2 aromatic rings. The van der Waals surface area contributed by atoms with Crippen molar-refractivity contribution < 1.29 is 8.42 Å². The number of benzene rings is 2. The van der Waals surface area contributed by atoms with Crippen molar-refractivity contribution in [3.63, 3.8) is 0 Å². The van der Waals surface area contributed by atoms with E-state index in [-0.39, 0.29) is 23.0 Å². The number of nitrogens with two attached hydrogens (primary N) is 1. The van der Waals surface area contributed by atoms with Gasteiger partial charge in [0, 0.05) is 28.2 Å². The molecule has 0 radical (unpaired) electrons. The Morgan fingerprint density at radius 2 is 1.68 bits per heavy atom. The first-order valence-corrected chi connectivity index (χ1v) is 13.6. The summed E-state index contributed by atoms with van der Waals surface area (Å²) in [6.07, 6.45) is 4.83. The van der Waals surface area contributed by atoms with E-state index in [1.54, 1.807) is 12.2 Å². The predicted molar refractivity (Wildman–Crippen MR) is 142 cm³/mol. The molecule has 1 aliphatic heterocycles. The molecule has 6 nitrogen and oxygen atoms in total. The van der Waals surface area contributed by atoms with Crippen molar-refractivity contribution in [2.45, 2.75) is 25.0 Å². The van der Waals surface area contributed by atoms with Crippen LogP contribution in [-0.2, 0) is 10.0 Å². The first kappa shape index (κ1) is 25.2. The Morgan fingerprint density at radius 1 is 1.12 bits per heavy atom. The molecule has 1 aliphatic carbocycles. The molecule has 1 fully saturated rings. The summed E-state index contributed by atoms with van der Waals surface area (Å²) in [4.78, 5) is 2.35. The third-order valence-corrected chi connectivity index (χ3v) is 8.45. The maximum absolute atomic E-state index is 13.2. The molecule has 0 amide bonds. The van der Waals surface area contributed by atoms with Crippen LogP contribution in [0.4, 0.5) is 0 Å². The summed E-state index contributed by atoms with van der Waals surface area (Å²) in [6, 6.07) is 15.0. The zero-order valence-electron chi connectivity index (χ0n) is 18.4. The Kier molecular flexibility index (Phi) is 7.69. The number of halogens is 2. The summed E-state index contributed by atoms with van der Waals surface area (Å²) in [5.74, 6) is 0. The number of hydrogen-bond acceptors (Lipinski definition) is 6. The molecule has 0 unspecified atom stereocenters. The molecular weight excluding hydrogens is 511 g/mol. The third kappa shape index (κ3) is 5.18. The van der Waals surface area contributed by atoms with Crippen LogP contribution in [0.1, 0.15) is 24.1 Å². The Morgan fingerprint density at radius 3 is 2.18 bits per heavy atom. The lowest BCUT2D eigenvalue weighted by atomic mass is 9.89. The van der Waals surface area contributed by atoms with Crippen LogP contribution in [0, 0.1) is 0 Å². The van der Waals surface area contributed by atoms with E-state index in [2.05, 4.69) is 20.6 Å². The highest BCUT2D eigenvalue weighted by Crippen LogP contribution is 2.37. The fraction of sp³-hybridized carbons (Fsp3) is 0.208. The summed E-state index contributed by atoms with van der Waals surface area (Å²) < 4.78 is 33.2. The molecule has 2 atom stereocenters. The normalized spacial score (nSPS) is 22.2. The molecule has 2 aliphatic rings. The second-order valence-electron chi connectivity index (χ2n) is 8.12. The average molecular weight is 536 g/mol. The molecule has 10 heteroatoms. The molecular formula is C24H24Cl2N4O2S2. The van der Waals surface area contributed by atoms with Crippen molar-refractivity contribution in [3.05, 3.63) is 105 Å². The first-order valence-electron chi connectivity index (χ1n) is 10.5. The maximum atomic E-state index is 13.2. The Bertz CT molecular complexity index is 1230. The predicted octanol–water partition coefficient (Wildman–Crippen LogP) is 5.05. The van der Waals surface area contributed by atoms with Crippen LogP contribution in [0.2, 0.25) is 10.0 Å². The largest absolute Gasteiger partial charge is 0.286 e. The fourth-order valence-corrected chi connectivity index (χ4v) is 6.21. The number of allylic oxidation sites excluding steroid dienone is 4. The minimum Gasteiger partial charge on any atom is -0.286 e. The third-order valence-electron chi connectivity index (χ3n) is 6.07. The molecule has 3 N–H and O–H groups in total. The minimum absolute atomic E-state index is 0.0631. The van der Waals surface area contributed by atoms with Crippen LogP contribution in [0.15, 0.2) is 88.2 Å². The highest BCUT2D eigenvalue weighted by molar-refractivity contribution is 7.96. The number of nitrogens with zero attached hydrogens (tertiary/aromatic N) is 2. The molecule has 0 spiro atoms. The van der Waals surface area contributed by atoms with Crippen LogP contribution in [0.3, 0.4) is 0 Å². The van der Waals surface area contributed by atoms with Gasteiger partial charge in [0.1, 0.15) is 0 Å². The molecule has 0 bridgehead atoms. The van der Waals surface area contributed by atoms with E-state index < -0.39 is 10.0 Å². The monoisotopic (exact) mass is 534 g/mol. The zero-order valence-corrected chi connectivity index (χ0v) is 21.5. The van der Waals surface area contributed by atoms with Crippen molar-refractivity contribution in [1.82, 2.24) is 9.62 Å². The van der Waals surface area contributed by atoms with E-state index in [1.165, 1.54) is 6.08 Å². The molecule has 1 saturated heterocycles.